The predicted molar refractivity (Wildman–Crippen MR) is 133 cm³/mol. The van der Waals surface area contributed by atoms with E-state index < -0.39 is 35.4 Å². The molecule has 3 aromatic carbocycles. The molecule has 188 valence electrons. The van der Waals surface area contributed by atoms with E-state index in [-0.39, 0.29) is 33.6 Å². The Balaban J connectivity index is 1.70. The minimum Gasteiger partial charge on any atom is -0.399 e. The first-order chi connectivity index (χ1) is 17.6. The molecule has 13 heteroatoms. The van der Waals surface area contributed by atoms with Gasteiger partial charge in [-0.15, -0.1) is 0 Å². The van der Waals surface area contributed by atoms with Gasteiger partial charge >= 0.3 is 11.4 Å². The molecule has 9 nitrogen and oxygen atoms in total. The van der Waals surface area contributed by atoms with Gasteiger partial charge in [0.25, 0.3) is 0 Å². The van der Waals surface area contributed by atoms with Gasteiger partial charge in [0.15, 0.2) is 11.6 Å². The smallest absolute Gasteiger partial charge is 0.359 e. The number of halogens is 4. The zero-order valence-corrected chi connectivity index (χ0v) is 19.8. The van der Waals surface area contributed by atoms with E-state index in [2.05, 4.69) is 15.4 Å². The van der Waals surface area contributed by atoms with Crippen molar-refractivity contribution in [2.75, 3.05) is 11.1 Å². The highest BCUT2D eigenvalue weighted by Gasteiger charge is 2.19. The first kappa shape index (κ1) is 24.1. The van der Waals surface area contributed by atoms with E-state index in [0.717, 1.165) is 9.13 Å². The fraction of sp³-hybridized carbons (Fsp3) is 0.0833. The van der Waals surface area contributed by atoms with E-state index in [9.17, 15) is 22.8 Å². The van der Waals surface area contributed by atoms with Gasteiger partial charge in [0.05, 0.1) is 28.5 Å². The van der Waals surface area contributed by atoms with E-state index in [1.165, 1.54) is 18.2 Å². The molecule has 0 bridgehead atoms. The Morgan fingerprint density at radius 3 is 2.54 bits per heavy atom. The fourth-order valence-corrected chi connectivity index (χ4v) is 4.06. The number of nitrogen functional groups attached to an aromatic ring is 1. The zero-order valence-electron chi connectivity index (χ0n) is 19.0. The molecule has 0 saturated heterocycles. The van der Waals surface area contributed by atoms with E-state index in [4.69, 9.17) is 17.3 Å². The number of hydrogen-bond acceptors (Lipinski definition) is 6. The number of aryl methyl sites for hydroxylation is 1. The average molecular weight is 528 g/mol. The molecule has 3 N–H and O–H groups in total. The van der Waals surface area contributed by atoms with Gasteiger partial charge in [0.1, 0.15) is 5.82 Å². The number of fused-ring (bicyclic) bond motifs is 1. The lowest BCUT2D eigenvalue weighted by atomic mass is 10.2. The standard InChI is InChI=1S/C24H17ClF3N7O2/c1-33-10-13-6-21(16(25)8-20(13)32-33)30-22-31-23(36)35(15-4-2-3-14(29)7-15)24(37)34(22)11-12-5-18(27)19(28)9-17(12)26/h2-10H,11,29H2,1H3,(H,30,31,36). The third kappa shape index (κ3) is 4.54. The quantitative estimate of drug-likeness (QED) is 0.266. The maximum absolute atomic E-state index is 14.5. The summed E-state index contributed by atoms with van der Waals surface area (Å²) in [6, 6.07) is 10.1. The highest BCUT2D eigenvalue weighted by molar-refractivity contribution is 6.34. The molecule has 5 rings (SSSR count). The summed E-state index contributed by atoms with van der Waals surface area (Å²) >= 11 is 6.39. The SMILES string of the molecule is Cn1cc2cc(Nc3nc(=O)n(-c4cccc(N)c4)c(=O)n3Cc3cc(F)c(F)cc3F)c(Cl)cc2n1. The summed E-state index contributed by atoms with van der Waals surface area (Å²) in [5.41, 5.74) is 4.82. The first-order valence-corrected chi connectivity index (χ1v) is 11.1. The molecule has 0 atom stereocenters. The van der Waals surface area contributed by atoms with Crippen LogP contribution in [0.5, 0.6) is 0 Å². The Hall–Kier alpha value is -4.58. The summed E-state index contributed by atoms with van der Waals surface area (Å²) in [6.07, 6.45) is 1.73. The minimum absolute atomic E-state index is 0.114. The van der Waals surface area contributed by atoms with Gasteiger partial charge in [-0.3, -0.25) is 9.25 Å². The summed E-state index contributed by atoms with van der Waals surface area (Å²) in [6.45, 7) is -0.591. The molecule has 2 aromatic heterocycles. The molecule has 0 radical (unpaired) electrons. The van der Waals surface area contributed by atoms with Gasteiger partial charge in [0, 0.05) is 35.9 Å². The maximum atomic E-state index is 14.5. The molecule has 0 spiro atoms. The number of anilines is 3. The molecule has 0 aliphatic rings. The maximum Gasteiger partial charge on any atom is 0.359 e. The van der Waals surface area contributed by atoms with Crippen LogP contribution in [0, 0.1) is 17.5 Å². The molecule has 0 amide bonds. The second-order valence-corrected chi connectivity index (χ2v) is 8.60. The van der Waals surface area contributed by atoms with Crippen LogP contribution in [0.4, 0.5) is 30.5 Å². The molecule has 37 heavy (non-hydrogen) atoms. The minimum atomic E-state index is -1.38. The van der Waals surface area contributed by atoms with Crippen molar-refractivity contribution in [3.63, 3.8) is 0 Å². The van der Waals surface area contributed by atoms with Gasteiger partial charge in [-0.1, -0.05) is 17.7 Å². The molecular weight excluding hydrogens is 511 g/mol. The highest BCUT2D eigenvalue weighted by Crippen LogP contribution is 2.29. The van der Waals surface area contributed by atoms with Crippen LogP contribution in [0.2, 0.25) is 5.02 Å². The number of nitrogens with zero attached hydrogens (tertiary/aromatic N) is 5. The number of nitrogens with one attached hydrogen (secondary N) is 1. The van der Waals surface area contributed by atoms with Gasteiger partial charge < -0.3 is 11.1 Å². The van der Waals surface area contributed by atoms with Crippen LogP contribution in [0.3, 0.4) is 0 Å². The summed E-state index contributed by atoms with van der Waals surface area (Å²) in [4.78, 5) is 30.5. The Labute approximate surface area is 211 Å². The van der Waals surface area contributed by atoms with E-state index in [1.54, 1.807) is 36.1 Å². The zero-order chi connectivity index (χ0) is 26.4. The molecule has 0 aliphatic heterocycles. The Kier molecular flexibility index (Phi) is 5.96. The number of aromatic nitrogens is 5. The largest absolute Gasteiger partial charge is 0.399 e. The van der Waals surface area contributed by atoms with Crippen LogP contribution in [0.25, 0.3) is 16.6 Å². The number of benzene rings is 3. The summed E-state index contributed by atoms with van der Waals surface area (Å²) < 4.78 is 45.2. The fourth-order valence-electron chi connectivity index (χ4n) is 3.86. The van der Waals surface area contributed by atoms with Crippen molar-refractivity contribution in [1.82, 2.24) is 23.9 Å². The molecule has 0 saturated carbocycles. The third-order valence-corrected chi connectivity index (χ3v) is 5.88. The second-order valence-electron chi connectivity index (χ2n) is 8.19. The summed E-state index contributed by atoms with van der Waals surface area (Å²) in [5.74, 6) is -4.08. The number of rotatable bonds is 5. The summed E-state index contributed by atoms with van der Waals surface area (Å²) in [5, 5.41) is 7.99. The summed E-state index contributed by atoms with van der Waals surface area (Å²) in [7, 11) is 1.73. The van der Waals surface area contributed by atoms with Crippen LogP contribution in [0.15, 0.2) is 64.3 Å². The van der Waals surface area contributed by atoms with Crippen molar-refractivity contribution in [2.24, 2.45) is 7.05 Å². The number of nitrogens with two attached hydrogens (primary N) is 1. The topological polar surface area (TPSA) is 113 Å². The Bertz CT molecular complexity index is 1810. The van der Waals surface area contributed by atoms with Crippen molar-refractivity contribution in [2.45, 2.75) is 6.54 Å². The van der Waals surface area contributed by atoms with Gasteiger partial charge in [-0.2, -0.15) is 10.1 Å². The lowest BCUT2D eigenvalue weighted by Gasteiger charge is -2.17. The van der Waals surface area contributed by atoms with Crippen molar-refractivity contribution < 1.29 is 13.2 Å². The lowest BCUT2D eigenvalue weighted by molar-refractivity contribution is 0.487. The van der Waals surface area contributed by atoms with Crippen molar-refractivity contribution in [1.29, 1.82) is 0 Å². The molecule has 0 unspecified atom stereocenters. The van der Waals surface area contributed by atoms with Crippen LogP contribution in [-0.4, -0.2) is 23.9 Å². The monoisotopic (exact) mass is 527 g/mol. The predicted octanol–water partition coefficient (Wildman–Crippen LogP) is 3.73. The lowest BCUT2D eigenvalue weighted by Crippen LogP contribution is -2.41. The van der Waals surface area contributed by atoms with Gasteiger partial charge in [-0.25, -0.2) is 27.3 Å². The molecule has 5 aromatic rings. The van der Waals surface area contributed by atoms with Crippen LogP contribution in [-0.2, 0) is 13.6 Å². The van der Waals surface area contributed by atoms with Gasteiger partial charge in [-0.05, 0) is 36.4 Å². The van der Waals surface area contributed by atoms with E-state index in [1.807, 2.05) is 0 Å². The Morgan fingerprint density at radius 2 is 1.78 bits per heavy atom. The normalized spacial score (nSPS) is 11.3. The molecular formula is C24H17ClF3N7O2. The van der Waals surface area contributed by atoms with Crippen molar-refractivity contribution in [3.05, 3.63) is 104 Å². The first-order valence-electron chi connectivity index (χ1n) is 10.7. The second kappa shape index (κ2) is 9.13. The van der Waals surface area contributed by atoms with E-state index in [0.29, 0.717) is 23.0 Å². The molecule has 2 heterocycles. The average Bonchev–Trinajstić information content (AvgIpc) is 3.18. The number of hydrogen-bond donors (Lipinski definition) is 2. The highest BCUT2D eigenvalue weighted by atomic mass is 35.5. The molecule has 0 fully saturated rings. The molecule has 0 aliphatic carbocycles. The van der Waals surface area contributed by atoms with Crippen molar-refractivity contribution >= 4 is 39.8 Å². The van der Waals surface area contributed by atoms with Crippen LogP contribution < -0.4 is 22.4 Å². The van der Waals surface area contributed by atoms with Gasteiger partial charge in [0.2, 0.25) is 5.95 Å². The third-order valence-electron chi connectivity index (χ3n) is 5.57. The van der Waals surface area contributed by atoms with Crippen LogP contribution >= 0.6 is 11.6 Å². The van der Waals surface area contributed by atoms with Crippen molar-refractivity contribution in [3.8, 4) is 5.69 Å². The van der Waals surface area contributed by atoms with E-state index >= 15 is 0 Å². The van der Waals surface area contributed by atoms with Crippen LogP contribution in [0.1, 0.15) is 5.56 Å². The Morgan fingerprint density at radius 1 is 1.03 bits per heavy atom.